The number of benzene rings is 2. The van der Waals surface area contributed by atoms with Crippen molar-refractivity contribution in [3.05, 3.63) is 97.1 Å². The van der Waals surface area contributed by atoms with E-state index < -0.39 is 41.5 Å². The van der Waals surface area contributed by atoms with Gasteiger partial charge < -0.3 is 28.4 Å². The first-order valence-corrected chi connectivity index (χ1v) is 13.9. The molecule has 0 aliphatic carbocycles. The fourth-order valence-electron chi connectivity index (χ4n) is 3.46. The maximum atomic E-state index is 13.0. The first-order chi connectivity index (χ1) is 20.8. The lowest BCUT2D eigenvalue weighted by molar-refractivity contribution is -0.164. The zero-order chi connectivity index (χ0) is 32.7. The van der Waals surface area contributed by atoms with Gasteiger partial charge in [0.2, 0.25) is 0 Å². The summed E-state index contributed by atoms with van der Waals surface area (Å²) in [5, 5.41) is 0. The normalized spacial score (nSPS) is 12.1. The summed E-state index contributed by atoms with van der Waals surface area (Å²) in [6.45, 7) is 16.3. The molecule has 0 radical (unpaired) electrons. The van der Waals surface area contributed by atoms with Gasteiger partial charge in [0, 0.05) is 16.7 Å². The summed E-state index contributed by atoms with van der Waals surface area (Å²) < 4.78 is 32.8. The van der Waals surface area contributed by atoms with Gasteiger partial charge in [0.1, 0.15) is 37.9 Å². The van der Waals surface area contributed by atoms with Crippen molar-refractivity contribution >= 4 is 23.9 Å². The summed E-state index contributed by atoms with van der Waals surface area (Å²) in [6.07, 6.45) is -1.94. The molecule has 0 saturated carbocycles. The highest BCUT2D eigenvalue weighted by Gasteiger charge is 2.33. The second kappa shape index (κ2) is 17.3. The van der Waals surface area contributed by atoms with E-state index in [-0.39, 0.29) is 49.6 Å². The molecule has 0 aliphatic heterocycles. The molecular formula is C34H40O10. The monoisotopic (exact) mass is 608 g/mol. The molecule has 0 bridgehead atoms. The highest BCUT2D eigenvalue weighted by Crippen LogP contribution is 2.27. The van der Waals surface area contributed by atoms with E-state index in [9.17, 15) is 19.2 Å². The number of esters is 4. The van der Waals surface area contributed by atoms with Gasteiger partial charge in [-0.1, -0.05) is 56.1 Å². The van der Waals surface area contributed by atoms with Crippen LogP contribution in [0.5, 0.6) is 11.5 Å². The Morgan fingerprint density at radius 2 is 1.05 bits per heavy atom. The quantitative estimate of drug-likeness (QED) is 0.127. The first kappa shape index (κ1) is 35.3. The average molecular weight is 609 g/mol. The molecule has 0 spiro atoms. The fourth-order valence-corrected chi connectivity index (χ4v) is 3.46. The molecule has 0 aliphatic rings. The molecular weight excluding hydrogens is 568 g/mol. The summed E-state index contributed by atoms with van der Waals surface area (Å²) in [5.74, 6) is -1.67. The van der Waals surface area contributed by atoms with Gasteiger partial charge in [-0.05, 0) is 58.4 Å². The summed E-state index contributed by atoms with van der Waals surface area (Å²) in [7, 11) is 0. The van der Waals surface area contributed by atoms with E-state index in [0.717, 1.165) is 0 Å². The molecule has 236 valence electrons. The maximum Gasteiger partial charge on any atom is 0.333 e. The predicted molar refractivity (Wildman–Crippen MR) is 163 cm³/mol. The van der Waals surface area contributed by atoms with Gasteiger partial charge >= 0.3 is 23.9 Å². The van der Waals surface area contributed by atoms with Gasteiger partial charge in [-0.15, -0.1) is 0 Å². The smallest absolute Gasteiger partial charge is 0.333 e. The molecule has 2 aromatic rings. The van der Waals surface area contributed by atoms with E-state index >= 15 is 0 Å². The molecule has 2 atom stereocenters. The molecule has 44 heavy (non-hydrogen) atoms. The molecule has 0 N–H and O–H groups in total. The van der Waals surface area contributed by atoms with Gasteiger partial charge in [-0.3, -0.25) is 4.79 Å². The molecule has 0 saturated heterocycles. The number of hydrogen-bond donors (Lipinski definition) is 0. The SMILES string of the molecule is C=C(C)C(=O)OC(COC(=O)C(=C)CC(C)(C)C(=O)OCC(COc1ccccc1)OC(=O)C(=C)C)COc1ccccc1. The number of rotatable bonds is 18. The van der Waals surface area contributed by atoms with Crippen LogP contribution in [0, 0.1) is 5.41 Å². The van der Waals surface area contributed by atoms with Crippen LogP contribution >= 0.6 is 0 Å². The van der Waals surface area contributed by atoms with Crippen molar-refractivity contribution in [1.82, 2.24) is 0 Å². The van der Waals surface area contributed by atoms with E-state index in [1.54, 1.807) is 62.4 Å². The van der Waals surface area contributed by atoms with Crippen molar-refractivity contribution in [3.63, 3.8) is 0 Å². The molecule has 0 aromatic heterocycles. The lowest BCUT2D eigenvalue weighted by Gasteiger charge is -2.25. The Bertz CT molecular complexity index is 1310. The van der Waals surface area contributed by atoms with E-state index in [2.05, 4.69) is 19.7 Å². The highest BCUT2D eigenvalue weighted by molar-refractivity contribution is 5.90. The zero-order valence-corrected chi connectivity index (χ0v) is 25.7. The Kier molecular flexibility index (Phi) is 13.9. The van der Waals surface area contributed by atoms with Crippen LogP contribution in [0.15, 0.2) is 97.1 Å². The van der Waals surface area contributed by atoms with Crippen molar-refractivity contribution in [2.24, 2.45) is 5.41 Å². The Morgan fingerprint density at radius 3 is 1.45 bits per heavy atom. The third-order valence-electron chi connectivity index (χ3n) is 5.90. The molecule has 2 rings (SSSR count). The number of para-hydroxylation sites is 2. The number of hydrogen-bond acceptors (Lipinski definition) is 10. The van der Waals surface area contributed by atoms with Gasteiger partial charge in [-0.2, -0.15) is 0 Å². The third-order valence-corrected chi connectivity index (χ3v) is 5.90. The molecule has 10 heteroatoms. The van der Waals surface area contributed by atoms with Crippen LogP contribution in [0.3, 0.4) is 0 Å². The van der Waals surface area contributed by atoms with Crippen molar-refractivity contribution < 1.29 is 47.6 Å². The molecule has 0 amide bonds. The Morgan fingerprint density at radius 1 is 0.636 bits per heavy atom. The summed E-state index contributed by atoms with van der Waals surface area (Å²) in [5.41, 5.74) is -0.839. The van der Waals surface area contributed by atoms with Crippen molar-refractivity contribution in [1.29, 1.82) is 0 Å². The minimum Gasteiger partial charge on any atom is -0.490 e. The first-order valence-electron chi connectivity index (χ1n) is 13.9. The van der Waals surface area contributed by atoms with Crippen LogP contribution in [0.2, 0.25) is 0 Å². The van der Waals surface area contributed by atoms with Crippen LogP contribution in [0.4, 0.5) is 0 Å². The molecule has 10 nitrogen and oxygen atoms in total. The van der Waals surface area contributed by atoms with Crippen molar-refractivity contribution in [3.8, 4) is 11.5 Å². The van der Waals surface area contributed by atoms with E-state index in [1.165, 1.54) is 13.8 Å². The number of ether oxygens (including phenoxy) is 6. The van der Waals surface area contributed by atoms with E-state index in [4.69, 9.17) is 28.4 Å². The van der Waals surface area contributed by atoms with E-state index in [1.807, 2.05) is 12.1 Å². The van der Waals surface area contributed by atoms with Gasteiger partial charge in [-0.25, -0.2) is 14.4 Å². The van der Waals surface area contributed by atoms with Crippen LogP contribution in [-0.4, -0.2) is 62.5 Å². The Hall–Kier alpha value is -4.86. The summed E-state index contributed by atoms with van der Waals surface area (Å²) >= 11 is 0. The summed E-state index contributed by atoms with van der Waals surface area (Å²) in [4.78, 5) is 50.0. The van der Waals surface area contributed by atoms with Crippen LogP contribution in [0.1, 0.15) is 34.1 Å². The Balaban J connectivity index is 1.94. The third kappa shape index (κ3) is 12.6. The zero-order valence-electron chi connectivity index (χ0n) is 25.7. The summed E-state index contributed by atoms with van der Waals surface area (Å²) in [6, 6.07) is 17.7. The minimum absolute atomic E-state index is 0.00132. The highest BCUT2D eigenvalue weighted by atomic mass is 16.6. The lowest BCUT2D eigenvalue weighted by atomic mass is 9.86. The van der Waals surface area contributed by atoms with Gasteiger partial charge in [0.25, 0.3) is 0 Å². The minimum atomic E-state index is -1.19. The molecule has 0 heterocycles. The molecule has 2 unspecified atom stereocenters. The Labute approximate surface area is 258 Å². The predicted octanol–water partition coefficient (Wildman–Crippen LogP) is 5.18. The van der Waals surface area contributed by atoms with Crippen molar-refractivity contribution in [2.75, 3.05) is 26.4 Å². The van der Waals surface area contributed by atoms with Gasteiger partial charge in [0.15, 0.2) is 12.2 Å². The standard InChI is InChI=1S/C34H40O10/c1-23(2)30(35)43-28(19-39-26-14-10-8-11-15-26)21-41-32(37)25(5)18-34(6,7)33(38)42-22-29(44-31(36)24(3)4)20-40-27-16-12-9-13-17-27/h8-17,28-29H,1,3,5,18-22H2,2,4,6-7H3. The average Bonchev–Trinajstić information content (AvgIpc) is 2.99. The topological polar surface area (TPSA) is 124 Å². The van der Waals surface area contributed by atoms with Crippen LogP contribution < -0.4 is 9.47 Å². The van der Waals surface area contributed by atoms with Crippen LogP contribution in [-0.2, 0) is 38.1 Å². The molecule has 0 fully saturated rings. The second-order valence-electron chi connectivity index (χ2n) is 10.7. The largest absolute Gasteiger partial charge is 0.490 e. The molecule has 2 aromatic carbocycles. The van der Waals surface area contributed by atoms with Crippen molar-refractivity contribution in [2.45, 2.75) is 46.3 Å². The fraction of sp³-hybridized carbons (Fsp3) is 0.353. The number of carbonyl (C=O) groups excluding carboxylic acids is 4. The van der Waals surface area contributed by atoms with E-state index in [0.29, 0.717) is 11.5 Å². The second-order valence-corrected chi connectivity index (χ2v) is 10.7. The van der Waals surface area contributed by atoms with Crippen LogP contribution in [0.25, 0.3) is 0 Å². The lowest BCUT2D eigenvalue weighted by Crippen LogP contribution is -2.35. The maximum absolute atomic E-state index is 13.0. The van der Waals surface area contributed by atoms with Gasteiger partial charge in [0.05, 0.1) is 5.41 Å². The number of carbonyl (C=O) groups is 4.